The average molecular weight is 552 g/mol. The van der Waals surface area contributed by atoms with Crippen molar-refractivity contribution in [2.75, 3.05) is 24.6 Å². The van der Waals surface area contributed by atoms with E-state index in [1.54, 1.807) is 69.1 Å². The van der Waals surface area contributed by atoms with E-state index in [2.05, 4.69) is 37.7 Å². The number of aromatic nitrogens is 2. The monoisotopic (exact) mass is 552 g/mol. The molecule has 0 saturated carbocycles. The summed E-state index contributed by atoms with van der Waals surface area (Å²) in [6.07, 6.45) is 47.2. The number of unbranched alkanes of at least 4 members (excludes halogenated alkanes) is 20. The van der Waals surface area contributed by atoms with Gasteiger partial charge in [-0.15, -0.1) is 0 Å². The number of rotatable bonds is 28. The van der Waals surface area contributed by atoms with Gasteiger partial charge in [0.2, 0.25) is 0 Å². The highest BCUT2D eigenvalue weighted by Gasteiger charge is 2.34. The van der Waals surface area contributed by atoms with Crippen molar-refractivity contribution in [3.05, 3.63) is 18.7 Å². The molecule has 0 saturated heterocycles. The first-order valence-electron chi connectivity index (χ1n) is 17.5. The first-order chi connectivity index (χ1) is 18.7. The number of hydrogen-bond acceptors (Lipinski definition) is 1. The van der Waals surface area contributed by atoms with Gasteiger partial charge in [-0.2, -0.15) is 0 Å². The zero-order valence-corrected chi connectivity index (χ0v) is 27.8. The van der Waals surface area contributed by atoms with Crippen molar-refractivity contribution in [3.8, 4) is 0 Å². The molecule has 38 heavy (non-hydrogen) atoms. The van der Waals surface area contributed by atoms with E-state index < -0.39 is 7.26 Å². The van der Waals surface area contributed by atoms with Gasteiger partial charge >= 0.3 is 0 Å². The lowest BCUT2D eigenvalue weighted by atomic mass is 10.1. The van der Waals surface area contributed by atoms with E-state index >= 15 is 0 Å². The zero-order valence-electron chi connectivity index (χ0n) is 26.9. The molecule has 0 aromatic carbocycles. The predicted octanol–water partition coefficient (Wildman–Crippen LogP) is 12.9. The molecule has 0 aliphatic rings. The highest BCUT2D eigenvalue weighted by Crippen LogP contribution is 2.61. The Morgan fingerprint density at radius 3 is 0.947 bits per heavy atom. The standard InChI is InChI=1S/C32H68P.C3H4N2/c1-5-9-13-17-18-19-20-21-22-23-24-28-32-33(29-25-14-10-6-2,30-26-15-11-7-3)31-27-16-12-8-4;1-2-5-3-4-1/h5-32H2,1-4H3;1-3H,(H,4,5)/q+1;. The fourth-order valence-corrected chi connectivity index (χ4v) is 10.7. The summed E-state index contributed by atoms with van der Waals surface area (Å²) in [6, 6.07) is 0. The smallest absolute Gasteiger partial charge is 0.0919 e. The third-order valence-electron chi connectivity index (χ3n) is 8.35. The third-order valence-corrected chi connectivity index (χ3v) is 13.4. The van der Waals surface area contributed by atoms with Crippen LogP contribution in [0.1, 0.15) is 182 Å². The molecule has 0 amide bonds. The molecule has 1 N–H and O–H groups in total. The van der Waals surface area contributed by atoms with Gasteiger partial charge in [0.05, 0.1) is 31.0 Å². The highest BCUT2D eigenvalue weighted by atomic mass is 31.2. The van der Waals surface area contributed by atoms with E-state index in [0.717, 1.165) is 0 Å². The molecule has 0 radical (unpaired) electrons. The molecule has 2 nitrogen and oxygen atoms in total. The lowest BCUT2D eigenvalue weighted by Gasteiger charge is -2.28. The van der Waals surface area contributed by atoms with Gasteiger partial charge in [0.25, 0.3) is 0 Å². The fraction of sp³-hybridized carbons (Fsp3) is 0.914. The van der Waals surface area contributed by atoms with Crippen molar-refractivity contribution >= 4 is 7.26 Å². The van der Waals surface area contributed by atoms with Crippen molar-refractivity contribution in [1.29, 1.82) is 0 Å². The van der Waals surface area contributed by atoms with Crippen LogP contribution >= 0.6 is 7.26 Å². The lowest BCUT2D eigenvalue weighted by Crippen LogP contribution is -2.13. The van der Waals surface area contributed by atoms with Crippen LogP contribution in [0.25, 0.3) is 0 Å². The van der Waals surface area contributed by atoms with Gasteiger partial charge in [-0.3, -0.25) is 0 Å². The molecule has 1 rings (SSSR count). The summed E-state index contributed by atoms with van der Waals surface area (Å²) in [7, 11) is -0.697. The van der Waals surface area contributed by atoms with E-state index in [4.69, 9.17) is 0 Å². The summed E-state index contributed by atoms with van der Waals surface area (Å²) in [4.78, 5) is 6.42. The van der Waals surface area contributed by atoms with Crippen LogP contribution < -0.4 is 0 Å². The number of hydrogen-bond donors (Lipinski definition) is 1. The van der Waals surface area contributed by atoms with Crippen molar-refractivity contribution in [3.63, 3.8) is 0 Å². The Labute approximate surface area is 242 Å². The van der Waals surface area contributed by atoms with Crippen LogP contribution in [0.15, 0.2) is 18.7 Å². The van der Waals surface area contributed by atoms with Crippen molar-refractivity contribution < 1.29 is 0 Å². The zero-order chi connectivity index (χ0) is 27.8. The van der Waals surface area contributed by atoms with Crippen molar-refractivity contribution in [1.82, 2.24) is 9.97 Å². The number of imidazole rings is 1. The number of nitrogens with zero attached hydrogens (tertiary/aromatic N) is 1. The molecule has 1 aromatic heterocycles. The maximum absolute atomic E-state index is 3.67. The van der Waals surface area contributed by atoms with Gasteiger partial charge in [-0.05, 0) is 51.4 Å². The summed E-state index contributed by atoms with van der Waals surface area (Å²) in [5, 5.41) is 0. The van der Waals surface area contributed by atoms with Crippen molar-refractivity contribution in [2.45, 2.75) is 182 Å². The van der Waals surface area contributed by atoms with E-state index in [1.807, 2.05) is 0 Å². The second-order valence-electron chi connectivity index (χ2n) is 12.1. The Hall–Kier alpha value is -0.360. The van der Waals surface area contributed by atoms with E-state index in [9.17, 15) is 0 Å². The van der Waals surface area contributed by atoms with Crippen LogP contribution in [-0.4, -0.2) is 34.6 Å². The lowest BCUT2D eigenvalue weighted by molar-refractivity contribution is 0.548. The maximum atomic E-state index is 3.67. The molecule has 0 spiro atoms. The van der Waals surface area contributed by atoms with E-state index in [-0.39, 0.29) is 0 Å². The molecule has 0 unspecified atom stereocenters. The normalized spacial score (nSPS) is 11.5. The molecule has 226 valence electrons. The second-order valence-corrected chi connectivity index (χ2v) is 16.5. The van der Waals surface area contributed by atoms with Crippen LogP contribution in [0.4, 0.5) is 0 Å². The Morgan fingerprint density at radius 1 is 0.421 bits per heavy atom. The number of H-pyrrole nitrogens is 1. The number of nitrogens with one attached hydrogen (secondary N) is 1. The first kappa shape index (κ1) is 37.6. The highest BCUT2D eigenvalue weighted by molar-refractivity contribution is 7.75. The van der Waals surface area contributed by atoms with Gasteiger partial charge in [-0.1, -0.05) is 130 Å². The molecule has 1 aromatic rings. The first-order valence-corrected chi connectivity index (χ1v) is 20.1. The van der Waals surface area contributed by atoms with Gasteiger partial charge in [0.1, 0.15) is 0 Å². The van der Waals surface area contributed by atoms with Gasteiger partial charge in [0, 0.05) is 19.7 Å². The van der Waals surface area contributed by atoms with Crippen LogP contribution in [0.2, 0.25) is 0 Å². The summed E-state index contributed by atoms with van der Waals surface area (Å²) < 4.78 is 0. The Bertz CT molecular complexity index is 468. The largest absolute Gasteiger partial charge is 0.351 e. The Balaban J connectivity index is 0.00000242. The van der Waals surface area contributed by atoms with E-state index in [1.165, 1.54) is 128 Å². The molecule has 1 heterocycles. The SMILES string of the molecule is CCCCCCCCCCCCCC[P+](CCCCCC)(CCCCCC)CCCCCC.c1c[nH]cn1. The van der Waals surface area contributed by atoms with E-state index in [0.29, 0.717) is 0 Å². The van der Waals surface area contributed by atoms with Crippen LogP contribution in [0, 0.1) is 0 Å². The molecular weight excluding hydrogens is 479 g/mol. The van der Waals surface area contributed by atoms with Crippen LogP contribution in [-0.2, 0) is 0 Å². The Kier molecular flexibility index (Phi) is 30.9. The fourth-order valence-electron chi connectivity index (χ4n) is 5.80. The molecule has 0 aliphatic carbocycles. The minimum atomic E-state index is -0.697. The second kappa shape index (κ2) is 31.2. The Morgan fingerprint density at radius 2 is 0.711 bits per heavy atom. The summed E-state index contributed by atoms with van der Waals surface area (Å²) in [5.74, 6) is 0. The van der Waals surface area contributed by atoms with Crippen LogP contribution in [0.5, 0.6) is 0 Å². The summed E-state index contributed by atoms with van der Waals surface area (Å²) in [5.41, 5.74) is 0. The van der Waals surface area contributed by atoms with Gasteiger partial charge in [-0.25, -0.2) is 4.98 Å². The predicted molar refractivity (Wildman–Crippen MR) is 178 cm³/mol. The molecule has 0 fully saturated rings. The minimum Gasteiger partial charge on any atom is -0.351 e. The minimum absolute atomic E-state index is 0.697. The molecule has 0 bridgehead atoms. The quantitative estimate of drug-likeness (QED) is 0.0814. The van der Waals surface area contributed by atoms with Gasteiger partial charge < -0.3 is 4.98 Å². The topological polar surface area (TPSA) is 28.7 Å². The third kappa shape index (κ3) is 25.9. The summed E-state index contributed by atoms with van der Waals surface area (Å²) >= 11 is 0. The molecular formula is C35H72N2P+. The van der Waals surface area contributed by atoms with Crippen molar-refractivity contribution in [2.24, 2.45) is 0 Å². The average Bonchev–Trinajstić information content (AvgIpc) is 3.53. The number of aromatic amines is 1. The molecule has 0 atom stereocenters. The van der Waals surface area contributed by atoms with Crippen LogP contribution in [0.3, 0.4) is 0 Å². The molecule has 3 heteroatoms. The maximum Gasteiger partial charge on any atom is 0.0919 e. The summed E-state index contributed by atoms with van der Waals surface area (Å²) in [6.45, 7) is 9.41. The van der Waals surface area contributed by atoms with Gasteiger partial charge in [0.15, 0.2) is 0 Å². The molecule has 0 aliphatic heterocycles.